The van der Waals surface area contributed by atoms with E-state index in [1.165, 1.54) is 11.6 Å². The van der Waals surface area contributed by atoms with Crippen LogP contribution >= 0.6 is 11.3 Å². The molecule has 0 unspecified atom stereocenters. The van der Waals surface area contributed by atoms with Crippen molar-refractivity contribution in [3.05, 3.63) is 69.7 Å². The predicted molar refractivity (Wildman–Crippen MR) is 99.6 cm³/mol. The van der Waals surface area contributed by atoms with Gasteiger partial charge in [-0.15, -0.1) is 16.4 Å². The van der Waals surface area contributed by atoms with Crippen molar-refractivity contribution in [2.75, 3.05) is 5.32 Å². The van der Waals surface area contributed by atoms with Crippen LogP contribution in [-0.2, 0) is 11.2 Å². The van der Waals surface area contributed by atoms with Crippen LogP contribution in [0.15, 0.2) is 52.3 Å². The highest BCUT2D eigenvalue weighted by Crippen LogP contribution is 2.17. The van der Waals surface area contributed by atoms with Gasteiger partial charge in [-0.3, -0.25) is 10.1 Å². The molecule has 1 aromatic carbocycles. The van der Waals surface area contributed by atoms with Crippen molar-refractivity contribution in [1.82, 2.24) is 10.2 Å². The summed E-state index contributed by atoms with van der Waals surface area (Å²) in [5.74, 6) is 0.668. The van der Waals surface area contributed by atoms with Gasteiger partial charge in [0.2, 0.25) is 5.89 Å². The molecule has 1 N–H and O–H groups in total. The van der Waals surface area contributed by atoms with E-state index >= 15 is 0 Å². The van der Waals surface area contributed by atoms with Crippen LogP contribution in [0.5, 0.6) is 0 Å². The van der Waals surface area contributed by atoms with Crippen LogP contribution in [0.4, 0.5) is 6.01 Å². The molecule has 2 aromatic heterocycles. The number of carbonyl (C=O) groups is 1. The van der Waals surface area contributed by atoms with E-state index in [0.717, 1.165) is 10.4 Å². The van der Waals surface area contributed by atoms with Crippen LogP contribution in [0.3, 0.4) is 0 Å². The van der Waals surface area contributed by atoms with Crippen LogP contribution in [0.2, 0.25) is 0 Å². The first-order chi connectivity index (χ1) is 12.1. The van der Waals surface area contributed by atoms with Crippen LogP contribution in [0, 0.1) is 0 Å². The Bertz CT molecular complexity index is 849. The van der Waals surface area contributed by atoms with Gasteiger partial charge < -0.3 is 4.42 Å². The van der Waals surface area contributed by atoms with Crippen molar-refractivity contribution in [2.45, 2.75) is 26.2 Å². The zero-order valence-electron chi connectivity index (χ0n) is 14.1. The summed E-state index contributed by atoms with van der Waals surface area (Å²) in [6.07, 6.45) is 3.72. The molecule has 6 heteroatoms. The van der Waals surface area contributed by atoms with E-state index in [2.05, 4.69) is 53.6 Å². The number of nitrogens with zero attached hydrogens (tertiary/aromatic N) is 2. The fourth-order valence-electron chi connectivity index (χ4n) is 2.26. The summed E-state index contributed by atoms with van der Waals surface area (Å²) < 4.78 is 5.49. The topological polar surface area (TPSA) is 68.0 Å². The molecule has 0 bridgehead atoms. The first-order valence-corrected chi connectivity index (χ1v) is 8.92. The number of thiophene rings is 1. The van der Waals surface area contributed by atoms with Crippen molar-refractivity contribution in [2.24, 2.45) is 0 Å². The molecule has 3 rings (SSSR count). The molecule has 0 saturated heterocycles. The summed E-state index contributed by atoms with van der Waals surface area (Å²) in [6.45, 7) is 4.32. The molecule has 0 atom stereocenters. The number of aromatic nitrogens is 2. The van der Waals surface area contributed by atoms with Gasteiger partial charge in [-0.05, 0) is 34.6 Å². The van der Waals surface area contributed by atoms with Crippen molar-refractivity contribution in [3.8, 4) is 0 Å². The van der Waals surface area contributed by atoms with Crippen LogP contribution < -0.4 is 5.32 Å². The third-order valence-electron chi connectivity index (χ3n) is 3.64. The second kappa shape index (κ2) is 7.90. The van der Waals surface area contributed by atoms with Crippen molar-refractivity contribution in [1.29, 1.82) is 0 Å². The lowest BCUT2D eigenvalue weighted by atomic mass is 10.0. The van der Waals surface area contributed by atoms with Gasteiger partial charge in [-0.2, -0.15) is 0 Å². The normalized spacial score (nSPS) is 11.3. The van der Waals surface area contributed by atoms with Crippen LogP contribution in [-0.4, -0.2) is 16.1 Å². The van der Waals surface area contributed by atoms with E-state index in [0.29, 0.717) is 18.2 Å². The molecular formula is C19H19N3O2S. The number of hydrogen-bond donors (Lipinski definition) is 1. The summed E-state index contributed by atoms with van der Waals surface area (Å²) in [6, 6.07) is 12.3. The summed E-state index contributed by atoms with van der Waals surface area (Å²) in [4.78, 5) is 12.9. The van der Waals surface area contributed by atoms with Crippen molar-refractivity contribution >= 4 is 29.3 Å². The second-order valence-corrected chi connectivity index (χ2v) is 6.89. The lowest BCUT2D eigenvalue weighted by Crippen LogP contribution is -2.07. The molecule has 0 spiro atoms. The number of anilines is 1. The SMILES string of the molecule is CC(C)c1ccc(Cc2nnc(NC(=O)/C=C/c3cccs3)o2)cc1. The fourth-order valence-corrected chi connectivity index (χ4v) is 2.88. The quantitative estimate of drug-likeness (QED) is 0.663. The highest BCUT2D eigenvalue weighted by atomic mass is 32.1. The zero-order chi connectivity index (χ0) is 17.6. The Morgan fingerprint density at radius 1 is 1.24 bits per heavy atom. The lowest BCUT2D eigenvalue weighted by Gasteiger charge is -2.05. The molecule has 2 heterocycles. The summed E-state index contributed by atoms with van der Waals surface area (Å²) >= 11 is 1.56. The maximum Gasteiger partial charge on any atom is 0.322 e. The molecule has 25 heavy (non-hydrogen) atoms. The Morgan fingerprint density at radius 3 is 2.72 bits per heavy atom. The Balaban J connectivity index is 1.57. The van der Waals surface area contributed by atoms with Crippen molar-refractivity contribution < 1.29 is 9.21 Å². The van der Waals surface area contributed by atoms with Gasteiger partial charge in [0.25, 0.3) is 5.91 Å². The summed E-state index contributed by atoms with van der Waals surface area (Å²) in [5.41, 5.74) is 2.38. The van der Waals surface area contributed by atoms with E-state index in [1.807, 2.05) is 17.5 Å². The van der Waals surface area contributed by atoms with Crippen molar-refractivity contribution in [3.63, 3.8) is 0 Å². The molecule has 0 aliphatic carbocycles. The molecule has 5 nitrogen and oxygen atoms in total. The van der Waals surface area contributed by atoms with Gasteiger partial charge in [-0.1, -0.05) is 49.3 Å². The van der Waals surface area contributed by atoms with Gasteiger partial charge in [0.1, 0.15) is 0 Å². The van der Waals surface area contributed by atoms with Gasteiger partial charge in [0.15, 0.2) is 0 Å². The molecule has 1 amide bonds. The number of hydrogen-bond acceptors (Lipinski definition) is 5. The maximum atomic E-state index is 11.9. The molecule has 0 aliphatic rings. The van der Waals surface area contributed by atoms with Gasteiger partial charge >= 0.3 is 6.01 Å². The minimum atomic E-state index is -0.301. The average molecular weight is 353 g/mol. The van der Waals surface area contributed by atoms with E-state index in [4.69, 9.17) is 4.42 Å². The van der Waals surface area contributed by atoms with Crippen LogP contribution in [0.25, 0.3) is 6.08 Å². The third kappa shape index (κ3) is 4.87. The van der Waals surface area contributed by atoms with Gasteiger partial charge in [-0.25, -0.2) is 0 Å². The predicted octanol–water partition coefficient (Wildman–Crippen LogP) is 4.50. The molecule has 0 aliphatic heterocycles. The summed E-state index contributed by atoms with van der Waals surface area (Å²) in [7, 11) is 0. The Labute approximate surface area is 150 Å². The zero-order valence-corrected chi connectivity index (χ0v) is 14.9. The highest BCUT2D eigenvalue weighted by Gasteiger charge is 2.09. The standard InChI is InChI=1S/C19H19N3O2S/c1-13(2)15-7-5-14(6-8-15)12-18-21-22-19(24-18)20-17(23)10-9-16-4-3-11-25-16/h3-11,13H,12H2,1-2H3,(H,20,22,23)/b10-9+. The monoisotopic (exact) mass is 353 g/mol. The number of benzene rings is 1. The molecule has 0 saturated carbocycles. The molecule has 128 valence electrons. The van der Waals surface area contributed by atoms with Gasteiger partial charge in [0, 0.05) is 11.0 Å². The maximum absolute atomic E-state index is 11.9. The Hall–Kier alpha value is -2.73. The number of amides is 1. The summed E-state index contributed by atoms with van der Waals surface area (Å²) in [5, 5.41) is 12.4. The smallest absolute Gasteiger partial charge is 0.322 e. The largest absolute Gasteiger partial charge is 0.407 e. The molecule has 0 fully saturated rings. The number of rotatable bonds is 6. The lowest BCUT2D eigenvalue weighted by molar-refractivity contribution is -0.112. The highest BCUT2D eigenvalue weighted by molar-refractivity contribution is 7.10. The van der Waals surface area contributed by atoms with E-state index < -0.39 is 0 Å². The minimum absolute atomic E-state index is 0.106. The first-order valence-electron chi connectivity index (χ1n) is 8.04. The van der Waals surface area contributed by atoms with E-state index in [1.54, 1.807) is 17.4 Å². The first kappa shape index (κ1) is 17.1. The van der Waals surface area contributed by atoms with Gasteiger partial charge in [0.05, 0.1) is 6.42 Å². The Kier molecular flexibility index (Phi) is 5.40. The van der Waals surface area contributed by atoms with E-state index in [9.17, 15) is 4.79 Å². The third-order valence-corrected chi connectivity index (χ3v) is 4.48. The van der Waals surface area contributed by atoms with Crippen LogP contribution in [0.1, 0.15) is 41.7 Å². The average Bonchev–Trinajstić information content (AvgIpc) is 3.25. The number of carbonyl (C=O) groups excluding carboxylic acids is 1. The molecule has 0 radical (unpaired) electrons. The second-order valence-electron chi connectivity index (χ2n) is 5.91. The van der Waals surface area contributed by atoms with E-state index in [-0.39, 0.29) is 11.9 Å². The number of nitrogens with one attached hydrogen (secondary N) is 1. The molecular weight excluding hydrogens is 334 g/mol. The molecule has 3 aromatic rings. The minimum Gasteiger partial charge on any atom is -0.407 e. The fraction of sp³-hybridized carbons (Fsp3) is 0.211. The Morgan fingerprint density at radius 2 is 2.04 bits per heavy atom.